The van der Waals surface area contributed by atoms with E-state index in [1.807, 2.05) is 24.1 Å². The minimum absolute atomic E-state index is 0.256. The quantitative estimate of drug-likeness (QED) is 0.937. The highest BCUT2D eigenvalue weighted by Gasteiger charge is 2.11. The number of nitrogens with two attached hydrogens (primary N) is 1. The molecule has 0 atom stereocenters. The molecule has 0 radical (unpaired) electrons. The second-order valence-corrected chi connectivity index (χ2v) is 6.53. The first-order valence-corrected chi connectivity index (χ1v) is 7.25. The highest BCUT2D eigenvalue weighted by molar-refractivity contribution is 7.16. The van der Waals surface area contributed by atoms with Gasteiger partial charge in [0.2, 0.25) is 0 Å². The van der Waals surface area contributed by atoms with Crippen LogP contribution in [-0.2, 0) is 6.54 Å². The minimum Gasteiger partial charge on any atom is -0.384 e. The van der Waals surface area contributed by atoms with Gasteiger partial charge in [0.25, 0.3) is 0 Å². The van der Waals surface area contributed by atoms with Crippen molar-refractivity contribution in [1.29, 1.82) is 0 Å². The van der Waals surface area contributed by atoms with Crippen LogP contribution in [0.3, 0.4) is 0 Å². The van der Waals surface area contributed by atoms with Crippen LogP contribution in [0, 0.1) is 0 Å². The Hall–Kier alpha value is -1.33. The Labute approximate surface area is 122 Å². The van der Waals surface area contributed by atoms with Crippen molar-refractivity contribution in [3.05, 3.63) is 33.2 Å². The van der Waals surface area contributed by atoms with Crippen molar-refractivity contribution < 1.29 is 0 Å². The highest BCUT2D eigenvalue weighted by atomic mass is 35.5. The summed E-state index contributed by atoms with van der Waals surface area (Å²) in [5.74, 6) is 2.36. The van der Waals surface area contributed by atoms with Gasteiger partial charge in [0.1, 0.15) is 17.5 Å². The summed E-state index contributed by atoms with van der Waals surface area (Å²) >= 11 is 7.51. The van der Waals surface area contributed by atoms with Gasteiger partial charge in [-0.2, -0.15) is 0 Å². The lowest BCUT2D eigenvalue weighted by Gasteiger charge is -2.18. The first kappa shape index (κ1) is 14.1. The molecule has 0 saturated carbocycles. The standard InChI is InChI=1S/C13H17ClN4S/c1-8(2)13-16-11(15)6-12(17-13)18(3)7-9-4-5-10(14)19-9/h4-6,8H,7H2,1-3H3,(H2,15,16,17). The van der Waals surface area contributed by atoms with Crippen molar-refractivity contribution in [2.24, 2.45) is 0 Å². The molecule has 2 rings (SSSR count). The Kier molecular flexibility index (Phi) is 4.27. The van der Waals surface area contributed by atoms with E-state index in [-0.39, 0.29) is 5.92 Å². The molecule has 0 aromatic carbocycles. The van der Waals surface area contributed by atoms with Gasteiger partial charge in [-0.1, -0.05) is 25.4 Å². The van der Waals surface area contributed by atoms with E-state index in [9.17, 15) is 0 Å². The zero-order valence-electron chi connectivity index (χ0n) is 11.2. The lowest BCUT2D eigenvalue weighted by atomic mass is 10.2. The molecule has 19 heavy (non-hydrogen) atoms. The van der Waals surface area contributed by atoms with E-state index in [0.717, 1.165) is 22.5 Å². The Morgan fingerprint density at radius 2 is 2.11 bits per heavy atom. The summed E-state index contributed by atoms with van der Waals surface area (Å²) < 4.78 is 0.800. The smallest absolute Gasteiger partial charge is 0.135 e. The van der Waals surface area contributed by atoms with Crippen LogP contribution < -0.4 is 10.6 Å². The Balaban J connectivity index is 2.20. The van der Waals surface area contributed by atoms with Crippen molar-refractivity contribution in [3.63, 3.8) is 0 Å². The lowest BCUT2D eigenvalue weighted by molar-refractivity contribution is 0.766. The molecule has 0 aliphatic carbocycles. The molecule has 2 N–H and O–H groups in total. The van der Waals surface area contributed by atoms with Gasteiger partial charge in [0.15, 0.2) is 0 Å². The van der Waals surface area contributed by atoms with Crippen molar-refractivity contribution in [2.45, 2.75) is 26.3 Å². The number of rotatable bonds is 4. The molecule has 2 heterocycles. The summed E-state index contributed by atoms with van der Waals surface area (Å²) in [6.45, 7) is 4.86. The van der Waals surface area contributed by atoms with Crippen LogP contribution in [0.4, 0.5) is 11.6 Å². The Morgan fingerprint density at radius 3 is 2.68 bits per heavy atom. The number of anilines is 2. The predicted molar refractivity (Wildman–Crippen MR) is 82.0 cm³/mol. The first-order chi connectivity index (χ1) is 8.95. The normalized spacial score (nSPS) is 11.0. The highest BCUT2D eigenvalue weighted by Crippen LogP contribution is 2.24. The molecule has 102 valence electrons. The van der Waals surface area contributed by atoms with Crippen LogP contribution in [0.5, 0.6) is 0 Å². The van der Waals surface area contributed by atoms with Gasteiger partial charge < -0.3 is 10.6 Å². The van der Waals surface area contributed by atoms with Gasteiger partial charge in [0.05, 0.1) is 10.9 Å². The third-order valence-corrected chi connectivity index (χ3v) is 3.89. The molecule has 0 aliphatic heterocycles. The monoisotopic (exact) mass is 296 g/mol. The summed E-state index contributed by atoms with van der Waals surface area (Å²) in [5.41, 5.74) is 5.84. The maximum atomic E-state index is 5.94. The van der Waals surface area contributed by atoms with Gasteiger partial charge >= 0.3 is 0 Å². The Morgan fingerprint density at radius 1 is 1.37 bits per heavy atom. The molecule has 0 aliphatic rings. The zero-order chi connectivity index (χ0) is 14.0. The maximum Gasteiger partial charge on any atom is 0.135 e. The molecule has 6 heteroatoms. The molecule has 4 nitrogen and oxygen atoms in total. The molecule has 2 aromatic rings. The van der Waals surface area contributed by atoms with E-state index in [1.54, 1.807) is 17.4 Å². The molecular weight excluding hydrogens is 280 g/mol. The summed E-state index contributed by atoms with van der Waals surface area (Å²) in [4.78, 5) is 12.0. The van der Waals surface area contributed by atoms with Gasteiger partial charge in [0, 0.05) is 23.9 Å². The van der Waals surface area contributed by atoms with Crippen LogP contribution >= 0.6 is 22.9 Å². The number of aromatic nitrogens is 2. The first-order valence-electron chi connectivity index (χ1n) is 6.05. The van der Waals surface area contributed by atoms with Crippen molar-refractivity contribution in [1.82, 2.24) is 9.97 Å². The van der Waals surface area contributed by atoms with E-state index in [2.05, 4.69) is 23.8 Å². The summed E-state index contributed by atoms with van der Waals surface area (Å²) in [6, 6.07) is 5.72. The van der Waals surface area contributed by atoms with Crippen molar-refractivity contribution in [3.8, 4) is 0 Å². The van der Waals surface area contributed by atoms with Crippen molar-refractivity contribution in [2.75, 3.05) is 17.7 Å². The number of hydrogen-bond donors (Lipinski definition) is 1. The summed E-state index contributed by atoms with van der Waals surface area (Å²) in [6.07, 6.45) is 0. The van der Waals surface area contributed by atoms with E-state index < -0.39 is 0 Å². The lowest BCUT2D eigenvalue weighted by Crippen LogP contribution is -2.18. The number of thiophene rings is 1. The van der Waals surface area contributed by atoms with E-state index >= 15 is 0 Å². The molecule has 2 aromatic heterocycles. The van der Waals surface area contributed by atoms with Crippen LogP contribution in [-0.4, -0.2) is 17.0 Å². The van der Waals surface area contributed by atoms with Crippen LogP contribution in [0.1, 0.15) is 30.5 Å². The van der Waals surface area contributed by atoms with E-state index in [0.29, 0.717) is 5.82 Å². The number of nitrogens with zero attached hydrogens (tertiary/aromatic N) is 3. The van der Waals surface area contributed by atoms with Crippen molar-refractivity contribution >= 4 is 34.6 Å². The molecule has 0 amide bonds. The number of hydrogen-bond acceptors (Lipinski definition) is 5. The Bertz CT molecular complexity index is 568. The summed E-state index contributed by atoms with van der Waals surface area (Å²) in [7, 11) is 1.99. The van der Waals surface area contributed by atoms with Crippen LogP contribution in [0.25, 0.3) is 0 Å². The zero-order valence-corrected chi connectivity index (χ0v) is 12.8. The second kappa shape index (κ2) is 5.75. The van der Waals surface area contributed by atoms with Crippen LogP contribution in [0.15, 0.2) is 18.2 Å². The number of halogens is 1. The van der Waals surface area contributed by atoms with E-state index in [1.165, 1.54) is 4.88 Å². The third kappa shape index (κ3) is 3.58. The SMILES string of the molecule is CC(C)c1nc(N)cc(N(C)Cc2ccc(Cl)s2)n1. The predicted octanol–water partition coefficient (Wildman–Crippen LogP) is 3.53. The third-order valence-electron chi connectivity index (χ3n) is 2.68. The second-order valence-electron chi connectivity index (χ2n) is 4.73. The number of nitrogen functional groups attached to an aromatic ring is 1. The molecule has 0 fully saturated rings. The van der Waals surface area contributed by atoms with Gasteiger partial charge in [-0.05, 0) is 12.1 Å². The van der Waals surface area contributed by atoms with E-state index in [4.69, 9.17) is 17.3 Å². The average molecular weight is 297 g/mol. The van der Waals surface area contributed by atoms with Crippen LogP contribution in [0.2, 0.25) is 4.34 Å². The topological polar surface area (TPSA) is 55.0 Å². The fraction of sp³-hybridized carbons (Fsp3) is 0.385. The molecular formula is C13H17ClN4S. The fourth-order valence-corrected chi connectivity index (χ4v) is 2.82. The fourth-order valence-electron chi connectivity index (χ4n) is 1.68. The largest absolute Gasteiger partial charge is 0.384 e. The minimum atomic E-state index is 0.256. The molecule has 0 spiro atoms. The maximum absolute atomic E-state index is 5.94. The average Bonchev–Trinajstić information content (AvgIpc) is 2.73. The molecule has 0 unspecified atom stereocenters. The van der Waals surface area contributed by atoms with Gasteiger partial charge in [-0.25, -0.2) is 9.97 Å². The molecule has 0 bridgehead atoms. The molecule has 0 saturated heterocycles. The van der Waals surface area contributed by atoms with Gasteiger partial charge in [-0.15, -0.1) is 11.3 Å². The van der Waals surface area contributed by atoms with Gasteiger partial charge in [-0.3, -0.25) is 0 Å². The summed E-state index contributed by atoms with van der Waals surface area (Å²) in [5, 5.41) is 0.